The average molecular weight is 768 g/mol. The summed E-state index contributed by atoms with van der Waals surface area (Å²) in [6.07, 6.45) is -3.45. The molecule has 7 rings (SSSR count). The fourth-order valence-corrected chi connectivity index (χ4v) is 6.59. The zero-order valence-corrected chi connectivity index (χ0v) is 32.1. The molecule has 294 valence electrons. The Hall–Kier alpha value is -5.39. The van der Waals surface area contributed by atoms with Crippen molar-refractivity contribution < 1.29 is 37.9 Å². The molecule has 0 N–H and O–H groups in total. The van der Waals surface area contributed by atoms with Crippen molar-refractivity contribution in [3.63, 3.8) is 0 Å². The van der Waals surface area contributed by atoms with E-state index in [9.17, 15) is 0 Å². The highest BCUT2D eigenvalue weighted by Crippen LogP contribution is 2.33. The first-order valence-corrected chi connectivity index (χ1v) is 19.3. The smallest absolute Gasteiger partial charge is 0.214 e. The second-order valence-electron chi connectivity index (χ2n) is 13.7. The fourth-order valence-electron chi connectivity index (χ4n) is 6.59. The Morgan fingerprint density at radius 1 is 0.474 bits per heavy atom. The minimum Gasteiger partial charge on any atom is -0.487 e. The topological polar surface area (TPSA) is 86.7 Å². The van der Waals surface area contributed by atoms with E-state index in [0.717, 1.165) is 27.8 Å². The zero-order valence-electron chi connectivity index (χ0n) is 32.1. The normalized spacial score (nSPS) is 19.2. The Bertz CT molecular complexity index is 2020. The Labute approximate surface area is 335 Å². The maximum Gasteiger partial charge on any atom is 0.214 e. The third kappa shape index (κ3) is 11.8. The number of pyridine rings is 1. The lowest BCUT2D eigenvalue weighted by atomic mass is 9.98. The van der Waals surface area contributed by atoms with Gasteiger partial charge in [0.15, 0.2) is 12.4 Å². The molecule has 0 unspecified atom stereocenters. The highest BCUT2D eigenvalue weighted by Gasteiger charge is 2.49. The van der Waals surface area contributed by atoms with Gasteiger partial charge in [-0.3, -0.25) is 0 Å². The van der Waals surface area contributed by atoms with Crippen LogP contribution in [0.25, 0.3) is 0 Å². The van der Waals surface area contributed by atoms with Crippen molar-refractivity contribution in [3.8, 4) is 11.6 Å². The van der Waals surface area contributed by atoms with E-state index in [0.29, 0.717) is 50.4 Å². The first-order chi connectivity index (χ1) is 28.2. The average Bonchev–Trinajstić information content (AvgIpc) is 3.27. The molecule has 5 aromatic carbocycles. The van der Waals surface area contributed by atoms with Gasteiger partial charge in [-0.2, -0.15) is 0 Å². The van der Waals surface area contributed by atoms with Crippen molar-refractivity contribution in [1.82, 2.24) is 4.98 Å². The minimum absolute atomic E-state index is 0.196. The molecule has 1 aliphatic heterocycles. The molecule has 0 radical (unpaired) electrons. The molecule has 1 fully saturated rings. The van der Waals surface area contributed by atoms with Crippen LogP contribution in [0, 0.1) is 0 Å². The van der Waals surface area contributed by atoms with Gasteiger partial charge >= 0.3 is 0 Å². The van der Waals surface area contributed by atoms with Gasteiger partial charge in [-0.1, -0.05) is 152 Å². The zero-order chi connectivity index (χ0) is 38.9. The van der Waals surface area contributed by atoms with Gasteiger partial charge in [-0.15, -0.1) is 0 Å². The largest absolute Gasteiger partial charge is 0.487 e. The Morgan fingerprint density at radius 2 is 0.947 bits per heavy atom. The van der Waals surface area contributed by atoms with Crippen molar-refractivity contribution >= 4 is 0 Å². The van der Waals surface area contributed by atoms with Crippen molar-refractivity contribution in [2.75, 3.05) is 13.7 Å². The van der Waals surface area contributed by atoms with E-state index in [4.69, 9.17) is 42.9 Å². The van der Waals surface area contributed by atoms with Gasteiger partial charge in [0.25, 0.3) is 0 Å². The molecule has 2 heterocycles. The molecule has 5 atom stereocenters. The Kier molecular flexibility index (Phi) is 14.8. The van der Waals surface area contributed by atoms with Crippen LogP contribution in [-0.2, 0) is 68.1 Å². The monoisotopic (exact) mass is 767 g/mol. The molecule has 6 aromatic rings. The molecule has 0 bridgehead atoms. The molecule has 1 aliphatic rings. The van der Waals surface area contributed by atoms with Crippen molar-refractivity contribution in [3.05, 3.63) is 197 Å². The van der Waals surface area contributed by atoms with Gasteiger partial charge < -0.3 is 37.9 Å². The van der Waals surface area contributed by atoms with E-state index in [1.165, 1.54) is 0 Å². The summed E-state index contributed by atoms with van der Waals surface area (Å²) >= 11 is 0. The summed E-state index contributed by atoms with van der Waals surface area (Å²) in [5.74, 6) is 0.954. The van der Waals surface area contributed by atoms with Gasteiger partial charge in [0, 0.05) is 13.2 Å². The lowest BCUT2D eigenvalue weighted by Gasteiger charge is -2.45. The predicted octanol–water partition coefficient (Wildman–Crippen LogP) is 8.88. The quantitative estimate of drug-likeness (QED) is 0.0756. The molecule has 0 saturated carbocycles. The molecule has 0 aliphatic carbocycles. The molecule has 9 nitrogen and oxygen atoms in total. The number of methoxy groups -OCH3 is 1. The first-order valence-electron chi connectivity index (χ1n) is 19.3. The van der Waals surface area contributed by atoms with E-state index in [2.05, 4.69) is 0 Å². The van der Waals surface area contributed by atoms with Gasteiger partial charge in [0.1, 0.15) is 36.4 Å². The van der Waals surface area contributed by atoms with Gasteiger partial charge in [0.05, 0.1) is 39.6 Å². The SMILES string of the molecule is CO[C@H]1O[C@H](COCc2ccccc2)[C@@H](Oc2ccc(OCc3ccccc3)c(COCc3ccccc3)n2)[C@H](OCc2ccccc2)[C@H]1OCc1ccccc1. The highest BCUT2D eigenvalue weighted by molar-refractivity contribution is 5.32. The maximum absolute atomic E-state index is 6.88. The molecule has 0 spiro atoms. The third-order valence-electron chi connectivity index (χ3n) is 9.54. The number of benzene rings is 5. The van der Waals surface area contributed by atoms with Gasteiger partial charge in [0.2, 0.25) is 5.88 Å². The van der Waals surface area contributed by atoms with E-state index < -0.39 is 30.7 Å². The molecule has 1 aromatic heterocycles. The minimum atomic E-state index is -0.775. The summed E-state index contributed by atoms with van der Waals surface area (Å²) < 4.78 is 51.7. The van der Waals surface area contributed by atoms with E-state index in [1.807, 2.05) is 158 Å². The molecule has 0 amide bonds. The van der Waals surface area contributed by atoms with Crippen LogP contribution in [0.5, 0.6) is 11.6 Å². The second kappa shape index (κ2) is 21.2. The Morgan fingerprint density at radius 3 is 1.47 bits per heavy atom. The van der Waals surface area contributed by atoms with Gasteiger partial charge in [-0.25, -0.2) is 4.98 Å². The number of nitrogens with zero attached hydrogens (tertiary/aromatic N) is 1. The number of hydrogen-bond donors (Lipinski definition) is 0. The number of ether oxygens (including phenoxy) is 8. The third-order valence-corrected chi connectivity index (χ3v) is 9.54. The van der Waals surface area contributed by atoms with Crippen molar-refractivity contribution in [2.45, 2.75) is 70.3 Å². The van der Waals surface area contributed by atoms with Crippen LogP contribution < -0.4 is 9.47 Å². The Balaban J connectivity index is 1.18. The van der Waals surface area contributed by atoms with Crippen LogP contribution in [0.15, 0.2) is 164 Å². The van der Waals surface area contributed by atoms with Crippen molar-refractivity contribution in [1.29, 1.82) is 0 Å². The van der Waals surface area contributed by atoms with Crippen LogP contribution in [-0.4, -0.2) is 49.4 Å². The summed E-state index contributed by atoms with van der Waals surface area (Å²) in [5, 5.41) is 0. The molecule has 1 saturated heterocycles. The molecular formula is C48H49NO8. The molecule has 57 heavy (non-hydrogen) atoms. The van der Waals surface area contributed by atoms with E-state index >= 15 is 0 Å². The standard InChI is InChI=1S/C48H49NO8/c1-50-48-47(55-33-40-25-15-6-16-26-40)46(54-32-39-23-13-5-14-24-39)45(43(56-48)35-52-30-37-19-9-3-10-20-37)57-44-28-27-42(53-31-38-21-11-4-12-22-38)41(49-44)34-51-29-36-17-7-2-8-18-36/h2-28,43,45-48H,29-35H2,1H3/t43-,45-,46+,47-,48+/m1/s1. The van der Waals surface area contributed by atoms with Gasteiger partial charge in [-0.05, 0) is 33.9 Å². The fraction of sp³-hybridized carbons (Fsp3) is 0.271. The molecular weight excluding hydrogens is 719 g/mol. The summed E-state index contributed by atoms with van der Waals surface area (Å²) in [4.78, 5) is 4.99. The van der Waals surface area contributed by atoms with Crippen LogP contribution in [0.3, 0.4) is 0 Å². The van der Waals surface area contributed by atoms with E-state index in [-0.39, 0.29) is 13.2 Å². The predicted molar refractivity (Wildman–Crippen MR) is 216 cm³/mol. The number of rotatable bonds is 20. The number of hydrogen-bond acceptors (Lipinski definition) is 9. The maximum atomic E-state index is 6.88. The van der Waals surface area contributed by atoms with Crippen LogP contribution in [0.4, 0.5) is 0 Å². The first kappa shape index (κ1) is 39.8. The summed E-state index contributed by atoms with van der Waals surface area (Å²) in [5.41, 5.74) is 5.75. The van der Waals surface area contributed by atoms with Crippen molar-refractivity contribution in [2.24, 2.45) is 0 Å². The van der Waals surface area contributed by atoms with Crippen LogP contribution in [0.1, 0.15) is 33.5 Å². The summed E-state index contributed by atoms with van der Waals surface area (Å²) in [7, 11) is 1.61. The summed E-state index contributed by atoms with van der Waals surface area (Å²) in [6, 6.07) is 53.8. The van der Waals surface area contributed by atoms with Crippen LogP contribution in [0.2, 0.25) is 0 Å². The number of aromatic nitrogens is 1. The lowest BCUT2D eigenvalue weighted by molar-refractivity contribution is -0.312. The highest BCUT2D eigenvalue weighted by atomic mass is 16.7. The summed E-state index contributed by atoms with van der Waals surface area (Å²) in [6.45, 7) is 2.20. The van der Waals surface area contributed by atoms with Crippen LogP contribution >= 0.6 is 0 Å². The second-order valence-corrected chi connectivity index (χ2v) is 13.7. The molecule has 9 heteroatoms. The van der Waals surface area contributed by atoms with E-state index in [1.54, 1.807) is 13.2 Å². The lowest BCUT2D eigenvalue weighted by Crippen LogP contribution is -2.62.